The summed E-state index contributed by atoms with van der Waals surface area (Å²) in [6.07, 6.45) is 1.98. The maximum atomic E-state index is 6.28. The van der Waals surface area contributed by atoms with Crippen LogP contribution in [0.5, 0.6) is 11.5 Å². The summed E-state index contributed by atoms with van der Waals surface area (Å²) in [5, 5.41) is 2.30. The summed E-state index contributed by atoms with van der Waals surface area (Å²) < 4.78 is 14.6. The number of aryl methyl sites for hydroxylation is 3. The Hall–Kier alpha value is -3.79. The van der Waals surface area contributed by atoms with Crippen molar-refractivity contribution < 1.29 is 9.47 Å². The Morgan fingerprint density at radius 1 is 0.765 bits per heavy atom. The smallest absolute Gasteiger partial charge is 0.147 e. The molecule has 0 radical (unpaired) electrons. The van der Waals surface area contributed by atoms with E-state index in [1.165, 1.54) is 16.5 Å². The van der Waals surface area contributed by atoms with E-state index in [-0.39, 0.29) is 0 Å². The predicted molar refractivity (Wildman–Crippen MR) is 139 cm³/mol. The molecule has 172 valence electrons. The summed E-state index contributed by atoms with van der Waals surface area (Å²) in [4.78, 5) is 4.88. The Bertz CT molecular complexity index is 1420. The molecular weight excluding hydrogens is 420 g/mol. The van der Waals surface area contributed by atoms with E-state index in [0.717, 1.165) is 53.1 Å². The Balaban J connectivity index is 1.26. The number of benzene rings is 4. The molecule has 0 amide bonds. The van der Waals surface area contributed by atoms with Crippen LogP contribution < -0.4 is 9.47 Å². The van der Waals surface area contributed by atoms with Gasteiger partial charge in [0.25, 0.3) is 0 Å². The van der Waals surface area contributed by atoms with Gasteiger partial charge in [0, 0.05) is 11.9 Å². The van der Waals surface area contributed by atoms with Gasteiger partial charge in [-0.2, -0.15) is 0 Å². The van der Waals surface area contributed by atoms with Crippen LogP contribution in [0.3, 0.4) is 0 Å². The molecule has 1 aromatic heterocycles. The lowest BCUT2D eigenvalue weighted by Gasteiger charge is -2.13. The second kappa shape index (κ2) is 10.0. The molecular formula is C30H30N2O2. The van der Waals surface area contributed by atoms with Crippen LogP contribution in [-0.2, 0) is 13.2 Å². The van der Waals surface area contributed by atoms with Gasteiger partial charge >= 0.3 is 0 Å². The molecule has 0 atom stereocenters. The van der Waals surface area contributed by atoms with E-state index in [9.17, 15) is 0 Å². The fraction of sp³-hybridized carbons (Fsp3) is 0.233. The normalized spacial score (nSPS) is 11.2. The van der Waals surface area contributed by atoms with Gasteiger partial charge in [-0.05, 0) is 61.9 Å². The van der Waals surface area contributed by atoms with Crippen molar-refractivity contribution in [3.05, 3.63) is 102 Å². The van der Waals surface area contributed by atoms with Crippen molar-refractivity contribution in [1.82, 2.24) is 9.55 Å². The predicted octanol–water partition coefficient (Wildman–Crippen LogP) is 7.24. The summed E-state index contributed by atoms with van der Waals surface area (Å²) in [6, 6.07) is 29.1. The molecule has 34 heavy (non-hydrogen) atoms. The van der Waals surface area contributed by atoms with Gasteiger partial charge in [0.15, 0.2) is 0 Å². The van der Waals surface area contributed by atoms with Gasteiger partial charge in [-0.25, -0.2) is 4.98 Å². The average molecular weight is 451 g/mol. The number of hydrogen-bond acceptors (Lipinski definition) is 3. The molecule has 0 aliphatic rings. The molecule has 0 unspecified atom stereocenters. The first kappa shape index (κ1) is 22.0. The highest BCUT2D eigenvalue weighted by molar-refractivity contribution is 5.88. The van der Waals surface area contributed by atoms with Crippen LogP contribution in [0.1, 0.15) is 29.8 Å². The number of ether oxygens (including phenoxy) is 2. The molecule has 5 rings (SSSR count). The molecule has 0 aliphatic heterocycles. The molecule has 0 saturated carbocycles. The maximum Gasteiger partial charge on any atom is 0.147 e. The van der Waals surface area contributed by atoms with Gasteiger partial charge in [-0.3, -0.25) is 0 Å². The van der Waals surface area contributed by atoms with Crippen LogP contribution in [0.4, 0.5) is 0 Å². The van der Waals surface area contributed by atoms with Crippen molar-refractivity contribution in [1.29, 1.82) is 0 Å². The van der Waals surface area contributed by atoms with Crippen LogP contribution in [0.25, 0.3) is 21.8 Å². The molecule has 1 heterocycles. The van der Waals surface area contributed by atoms with Crippen LogP contribution in [0.15, 0.2) is 84.9 Å². The number of hydrogen-bond donors (Lipinski definition) is 0. The third kappa shape index (κ3) is 4.76. The van der Waals surface area contributed by atoms with Crippen molar-refractivity contribution in [2.24, 2.45) is 0 Å². The summed E-state index contributed by atoms with van der Waals surface area (Å²) in [5.41, 5.74) is 4.60. The Labute approximate surface area is 200 Å². The molecule has 0 N–H and O–H groups in total. The lowest BCUT2D eigenvalue weighted by Crippen LogP contribution is -2.09. The third-order valence-corrected chi connectivity index (χ3v) is 6.20. The lowest BCUT2D eigenvalue weighted by molar-refractivity contribution is 0.287. The minimum Gasteiger partial charge on any atom is -0.493 e. The summed E-state index contributed by atoms with van der Waals surface area (Å²) in [5.74, 6) is 2.81. The average Bonchev–Trinajstić information content (AvgIpc) is 3.21. The number of unbranched alkanes of at least 4 members (excludes halogenated alkanes) is 1. The van der Waals surface area contributed by atoms with Gasteiger partial charge in [0.2, 0.25) is 0 Å². The molecule has 4 nitrogen and oxygen atoms in total. The van der Waals surface area contributed by atoms with Crippen molar-refractivity contribution in [3.63, 3.8) is 0 Å². The van der Waals surface area contributed by atoms with Crippen LogP contribution in [-0.4, -0.2) is 16.2 Å². The maximum absolute atomic E-state index is 6.28. The van der Waals surface area contributed by atoms with Gasteiger partial charge in [0.1, 0.15) is 23.9 Å². The summed E-state index contributed by atoms with van der Waals surface area (Å²) in [6.45, 7) is 6.22. The van der Waals surface area contributed by atoms with Crippen molar-refractivity contribution in [2.45, 2.75) is 39.8 Å². The van der Waals surface area contributed by atoms with Crippen molar-refractivity contribution >= 4 is 21.8 Å². The van der Waals surface area contributed by atoms with Gasteiger partial charge in [-0.1, -0.05) is 66.2 Å². The molecule has 0 bridgehead atoms. The highest BCUT2D eigenvalue weighted by Gasteiger charge is 2.12. The topological polar surface area (TPSA) is 36.3 Å². The van der Waals surface area contributed by atoms with Crippen molar-refractivity contribution in [2.75, 3.05) is 6.61 Å². The minimum atomic E-state index is 0.432. The fourth-order valence-corrected chi connectivity index (χ4v) is 4.46. The van der Waals surface area contributed by atoms with E-state index < -0.39 is 0 Å². The molecule has 0 fully saturated rings. The van der Waals surface area contributed by atoms with Crippen LogP contribution in [0.2, 0.25) is 0 Å². The number of rotatable bonds is 9. The highest BCUT2D eigenvalue weighted by atomic mass is 16.5. The Morgan fingerprint density at radius 2 is 1.59 bits per heavy atom. The third-order valence-electron chi connectivity index (χ3n) is 6.20. The molecule has 0 spiro atoms. The number of para-hydroxylation sites is 2. The largest absolute Gasteiger partial charge is 0.493 e. The molecule has 0 aliphatic carbocycles. The van der Waals surface area contributed by atoms with E-state index in [2.05, 4.69) is 79.1 Å². The summed E-state index contributed by atoms with van der Waals surface area (Å²) >= 11 is 0. The second-order valence-corrected chi connectivity index (χ2v) is 8.76. The number of nitrogens with zero attached hydrogens (tertiary/aromatic N) is 2. The SMILES string of the molecule is Cc1ccc(OCCCCn2c(COc3cccc4ccccc34)nc3ccccc32)c(C)c1. The van der Waals surface area contributed by atoms with E-state index >= 15 is 0 Å². The van der Waals surface area contributed by atoms with E-state index in [4.69, 9.17) is 14.5 Å². The molecule has 4 heteroatoms. The first-order valence-electron chi connectivity index (χ1n) is 11.9. The fourth-order valence-electron chi connectivity index (χ4n) is 4.46. The van der Waals surface area contributed by atoms with Gasteiger partial charge < -0.3 is 14.0 Å². The monoisotopic (exact) mass is 450 g/mol. The Morgan fingerprint density at radius 3 is 2.50 bits per heavy atom. The van der Waals surface area contributed by atoms with E-state index in [0.29, 0.717) is 13.2 Å². The zero-order valence-corrected chi connectivity index (χ0v) is 19.8. The van der Waals surface area contributed by atoms with Gasteiger partial charge in [0.05, 0.1) is 17.6 Å². The molecule has 4 aromatic carbocycles. The van der Waals surface area contributed by atoms with Crippen molar-refractivity contribution in [3.8, 4) is 11.5 Å². The first-order valence-corrected chi connectivity index (χ1v) is 11.9. The van der Waals surface area contributed by atoms with E-state index in [1.807, 2.05) is 24.3 Å². The van der Waals surface area contributed by atoms with Crippen LogP contribution in [0, 0.1) is 13.8 Å². The van der Waals surface area contributed by atoms with E-state index in [1.54, 1.807) is 0 Å². The minimum absolute atomic E-state index is 0.432. The highest BCUT2D eigenvalue weighted by Crippen LogP contribution is 2.27. The number of fused-ring (bicyclic) bond motifs is 2. The first-order chi connectivity index (χ1) is 16.7. The number of imidazole rings is 1. The number of aromatic nitrogens is 2. The standard InChI is InChI=1S/C30H30N2O2/c1-22-16-17-28(23(2)20-22)33-19-8-7-18-32-27-14-6-5-13-26(27)31-30(32)21-34-29-15-9-11-24-10-3-4-12-25(24)29/h3-6,9-17,20H,7-8,18-19,21H2,1-2H3. The molecule has 0 saturated heterocycles. The second-order valence-electron chi connectivity index (χ2n) is 8.76. The summed E-state index contributed by atoms with van der Waals surface area (Å²) in [7, 11) is 0. The lowest BCUT2D eigenvalue weighted by atomic mass is 10.1. The van der Waals surface area contributed by atoms with Gasteiger partial charge in [-0.15, -0.1) is 0 Å². The quantitative estimate of drug-likeness (QED) is 0.222. The molecule has 5 aromatic rings. The Kier molecular flexibility index (Phi) is 6.48. The zero-order valence-electron chi connectivity index (χ0n) is 19.8. The zero-order chi connectivity index (χ0) is 23.3. The van der Waals surface area contributed by atoms with Crippen LogP contribution >= 0.6 is 0 Å².